The maximum atomic E-state index is 13.5. The summed E-state index contributed by atoms with van der Waals surface area (Å²) in [5.74, 6) is 0.311. The summed E-state index contributed by atoms with van der Waals surface area (Å²) in [6.07, 6.45) is 2.70. The molecule has 1 aliphatic rings. The highest BCUT2D eigenvalue weighted by molar-refractivity contribution is 5.96. The summed E-state index contributed by atoms with van der Waals surface area (Å²) in [4.78, 5) is 28.3. The van der Waals surface area contributed by atoms with Gasteiger partial charge in [0.2, 0.25) is 5.91 Å². The summed E-state index contributed by atoms with van der Waals surface area (Å²) in [6, 6.07) is 24.3. The van der Waals surface area contributed by atoms with Crippen molar-refractivity contribution < 1.29 is 19.4 Å². The molecule has 3 aromatic carbocycles. The number of carbonyl (C=O) groups excluding carboxylic acids is 2. The summed E-state index contributed by atoms with van der Waals surface area (Å²) >= 11 is 0. The van der Waals surface area contributed by atoms with Crippen LogP contribution >= 0.6 is 0 Å². The molecule has 2 amide bonds. The molecule has 3 N–H and O–H groups in total. The quantitative estimate of drug-likeness (QED) is 0.478. The largest absolute Gasteiger partial charge is 0.493 e. The molecule has 7 nitrogen and oxygen atoms in total. The molecule has 0 radical (unpaired) electrons. The third-order valence-corrected chi connectivity index (χ3v) is 6.47. The highest BCUT2D eigenvalue weighted by Gasteiger charge is 2.23. The van der Waals surface area contributed by atoms with E-state index < -0.39 is 6.04 Å². The van der Waals surface area contributed by atoms with Crippen LogP contribution in [0, 0.1) is 0 Å². The molecular weight excluding hydrogens is 466 g/mol. The van der Waals surface area contributed by atoms with Gasteiger partial charge < -0.3 is 20.5 Å². The van der Waals surface area contributed by atoms with E-state index in [0.717, 1.165) is 36.0 Å². The highest BCUT2D eigenvalue weighted by Crippen LogP contribution is 2.27. The fourth-order valence-corrected chi connectivity index (χ4v) is 4.54. The lowest BCUT2D eigenvalue weighted by Gasteiger charge is -2.25. The van der Waals surface area contributed by atoms with Crippen LogP contribution in [-0.2, 0) is 17.9 Å². The number of rotatable bonds is 6. The predicted molar refractivity (Wildman–Crippen MR) is 143 cm³/mol. The average molecular weight is 502 g/mol. The smallest absolute Gasteiger partial charge is 0.252 e. The number of hydrogen-bond acceptors (Lipinski definition) is 5. The third kappa shape index (κ3) is 7.65. The molecule has 0 spiro atoms. The molecule has 0 bridgehead atoms. The van der Waals surface area contributed by atoms with Gasteiger partial charge >= 0.3 is 0 Å². The fourth-order valence-electron chi connectivity index (χ4n) is 4.54. The van der Waals surface area contributed by atoms with Gasteiger partial charge in [-0.3, -0.25) is 14.5 Å². The highest BCUT2D eigenvalue weighted by atomic mass is 16.5. The molecule has 0 aromatic heterocycles. The molecule has 37 heavy (non-hydrogen) atoms. The Morgan fingerprint density at radius 1 is 0.946 bits per heavy atom. The van der Waals surface area contributed by atoms with Crippen LogP contribution in [0.25, 0.3) is 0 Å². The van der Waals surface area contributed by atoms with Crippen molar-refractivity contribution in [1.29, 1.82) is 0 Å². The number of nitrogens with zero attached hydrogens (tertiary/aromatic N) is 1. The lowest BCUT2D eigenvalue weighted by atomic mass is 10.0. The average Bonchev–Trinajstić information content (AvgIpc) is 2.93. The van der Waals surface area contributed by atoms with Crippen LogP contribution in [0.1, 0.15) is 52.4 Å². The Morgan fingerprint density at radius 3 is 2.46 bits per heavy atom. The Balaban J connectivity index is 1.65. The van der Waals surface area contributed by atoms with Crippen molar-refractivity contribution in [2.75, 3.05) is 26.3 Å². The van der Waals surface area contributed by atoms with Crippen molar-refractivity contribution in [2.45, 2.75) is 38.4 Å². The van der Waals surface area contributed by atoms with E-state index in [1.54, 1.807) is 6.07 Å². The second-order valence-corrected chi connectivity index (χ2v) is 9.29. The normalized spacial score (nSPS) is 16.1. The number of carbonyl (C=O) groups is 2. The first-order valence-electron chi connectivity index (χ1n) is 12.9. The zero-order valence-electron chi connectivity index (χ0n) is 21.1. The van der Waals surface area contributed by atoms with Crippen molar-refractivity contribution in [2.24, 2.45) is 0 Å². The molecule has 0 saturated carbocycles. The van der Waals surface area contributed by atoms with Crippen molar-refractivity contribution in [1.82, 2.24) is 15.5 Å². The van der Waals surface area contributed by atoms with Crippen molar-refractivity contribution >= 4 is 11.8 Å². The molecule has 194 valence electrons. The van der Waals surface area contributed by atoms with E-state index in [1.807, 2.05) is 77.7 Å². The lowest BCUT2D eigenvalue weighted by Crippen LogP contribution is -2.37. The standard InChI is InChI=1S/C30H35N3O4/c34-22-27(24-13-6-2-7-14-24)32-30(36)25-15-10-16-28-26(25)20-33(19-23-11-4-1-5-12-23)21-29(35)31-17-8-3-9-18-37-28/h1-2,4-7,10-16,27,34H,3,8-9,17-22H2,(H,31,35)(H,32,36)/t27-/m1/s1. The van der Waals surface area contributed by atoms with Crippen LogP contribution < -0.4 is 15.4 Å². The van der Waals surface area contributed by atoms with Gasteiger partial charge in [-0.2, -0.15) is 0 Å². The Morgan fingerprint density at radius 2 is 1.70 bits per heavy atom. The number of ether oxygens (including phenoxy) is 1. The van der Waals surface area contributed by atoms with Gasteiger partial charge in [0.25, 0.3) is 5.91 Å². The number of aliphatic hydroxyl groups excluding tert-OH is 1. The van der Waals surface area contributed by atoms with Gasteiger partial charge in [-0.25, -0.2) is 0 Å². The van der Waals surface area contributed by atoms with Crippen molar-refractivity contribution in [3.8, 4) is 5.75 Å². The third-order valence-electron chi connectivity index (χ3n) is 6.47. The SMILES string of the molecule is O=C1CN(Cc2ccccc2)Cc2c(cccc2C(=O)N[C@H](CO)c2ccccc2)OCCCCCN1. The summed E-state index contributed by atoms with van der Waals surface area (Å²) in [5, 5.41) is 16.0. The molecule has 0 saturated heterocycles. The number of aliphatic hydroxyl groups is 1. The maximum Gasteiger partial charge on any atom is 0.252 e. The van der Waals surface area contributed by atoms with Gasteiger partial charge in [0.05, 0.1) is 25.8 Å². The molecular formula is C30H35N3O4. The molecule has 0 aliphatic carbocycles. The van der Waals surface area contributed by atoms with Gasteiger partial charge in [0.15, 0.2) is 0 Å². The van der Waals surface area contributed by atoms with Crippen molar-refractivity contribution in [3.05, 3.63) is 101 Å². The summed E-state index contributed by atoms with van der Waals surface area (Å²) in [5.41, 5.74) is 3.11. The Kier molecular flexibility index (Phi) is 9.68. The fraction of sp³-hybridized carbons (Fsp3) is 0.333. The Bertz CT molecular complexity index is 1150. The summed E-state index contributed by atoms with van der Waals surface area (Å²) in [7, 11) is 0. The van der Waals surface area contributed by atoms with E-state index in [9.17, 15) is 14.7 Å². The monoisotopic (exact) mass is 501 g/mol. The summed E-state index contributed by atoms with van der Waals surface area (Å²) < 4.78 is 6.17. The first-order chi connectivity index (χ1) is 18.1. The molecule has 3 aromatic rings. The minimum absolute atomic E-state index is 0.0380. The van der Waals surface area contributed by atoms with E-state index in [4.69, 9.17) is 4.74 Å². The molecule has 1 atom stereocenters. The number of benzene rings is 3. The predicted octanol–water partition coefficient (Wildman–Crippen LogP) is 3.83. The molecule has 7 heteroatoms. The minimum atomic E-state index is -0.536. The number of nitrogens with one attached hydrogen (secondary N) is 2. The molecule has 4 rings (SSSR count). The number of fused-ring (bicyclic) bond motifs is 1. The molecule has 0 fully saturated rings. The second-order valence-electron chi connectivity index (χ2n) is 9.29. The molecule has 1 aliphatic heterocycles. The zero-order valence-corrected chi connectivity index (χ0v) is 21.1. The first kappa shape index (κ1) is 26.4. The number of hydrogen-bond donors (Lipinski definition) is 3. The lowest BCUT2D eigenvalue weighted by molar-refractivity contribution is -0.122. The molecule has 1 heterocycles. The second kappa shape index (κ2) is 13.6. The topological polar surface area (TPSA) is 90.9 Å². The van der Waals surface area contributed by atoms with Crippen LogP contribution in [0.15, 0.2) is 78.9 Å². The van der Waals surface area contributed by atoms with Crippen LogP contribution in [0.3, 0.4) is 0 Å². The van der Waals surface area contributed by atoms with Gasteiger partial charge in [0.1, 0.15) is 5.75 Å². The van der Waals surface area contributed by atoms with Crippen LogP contribution in [-0.4, -0.2) is 48.1 Å². The van der Waals surface area contributed by atoms with E-state index in [2.05, 4.69) is 10.6 Å². The van der Waals surface area contributed by atoms with Crippen LogP contribution in [0.2, 0.25) is 0 Å². The van der Waals surface area contributed by atoms with Gasteiger partial charge in [-0.1, -0.05) is 66.7 Å². The maximum absolute atomic E-state index is 13.5. The Hall–Kier alpha value is -3.68. The van der Waals surface area contributed by atoms with Crippen LogP contribution in [0.5, 0.6) is 5.75 Å². The van der Waals surface area contributed by atoms with Gasteiger partial charge in [-0.05, 0) is 42.5 Å². The van der Waals surface area contributed by atoms with Gasteiger partial charge in [0, 0.05) is 30.8 Å². The van der Waals surface area contributed by atoms with E-state index in [0.29, 0.717) is 37.6 Å². The van der Waals surface area contributed by atoms with E-state index in [-0.39, 0.29) is 25.0 Å². The zero-order chi connectivity index (χ0) is 25.9. The van der Waals surface area contributed by atoms with Gasteiger partial charge in [-0.15, -0.1) is 0 Å². The van der Waals surface area contributed by atoms with E-state index >= 15 is 0 Å². The van der Waals surface area contributed by atoms with Crippen molar-refractivity contribution in [3.63, 3.8) is 0 Å². The Labute approximate surface area is 218 Å². The van der Waals surface area contributed by atoms with Crippen LogP contribution in [0.4, 0.5) is 0 Å². The van der Waals surface area contributed by atoms with E-state index in [1.165, 1.54) is 0 Å². The first-order valence-corrected chi connectivity index (χ1v) is 12.9. The summed E-state index contributed by atoms with van der Waals surface area (Å²) in [6.45, 7) is 2.06. The number of amides is 2. The minimum Gasteiger partial charge on any atom is -0.493 e. The molecule has 0 unspecified atom stereocenters.